The Morgan fingerprint density at radius 1 is 1.17 bits per heavy atom. The number of anilines is 4. The van der Waals surface area contributed by atoms with Gasteiger partial charge in [0.25, 0.3) is 0 Å². The van der Waals surface area contributed by atoms with Gasteiger partial charge in [0, 0.05) is 50.7 Å². The molecular formula is C21H23N7OS. The van der Waals surface area contributed by atoms with Crippen LogP contribution in [0.15, 0.2) is 30.5 Å². The topological polar surface area (TPSA) is 100 Å². The molecule has 154 valence electrons. The molecular weight excluding hydrogens is 398 g/mol. The van der Waals surface area contributed by atoms with Crippen LogP contribution in [-0.2, 0) is 17.6 Å². The van der Waals surface area contributed by atoms with E-state index in [1.165, 1.54) is 11.3 Å². The number of nitrogens with zero attached hydrogens (tertiary/aromatic N) is 5. The highest BCUT2D eigenvalue weighted by Gasteiger charge is 2.23. The fraction of sp³-hybridized carbons (Fsp3) is 0.333. The molecule has 2 aliphatic rings. The molecule has 5 rings (SSSR count). The molecule has 3 N–H and O–H groups in total. The van der Waals surface area contributed by atoms with Crippen LogP contribution in [-0.4, -0.2) is 51.9 Å². The first-order valence-corrected chi connectivity index (χ1v) is 10.9. The second-order valence-corrected chi connectivity index (χ2v) is 8.59. The zero-order valence-electron chi connectivity index (χ0n) is 16.8. The summed E-state index contributed by atoms with van der Waals surface area (Å²) in [5.74, 6) is 0.701. The van der Waals surface area contributed by atoms with Crippen molar-refractivity contribution in [2.24, 2.45) is 0 Å². The van der Waals surface area contributed by atoms with Gasteiger partial charge in [-0.05, 0) is 36.6 Å². The minimum Gasteiger partial charge on any atom is -0.375 e. The minimum absolute atomic E-state index is 0.139. The number of carbonyl (C=O) groups is 1. The Bertz CT molecular complexity index is 1100. The maximum absolute atomic E-state index is 11.6. The van der Waals surface area contributed by atoms with Crippen LogP contribution in [0, 0.1) is 0 Å². The number of nitrogens with two attached hydrogens (primary N) is 1. The second kappa shape index (κ2) is 7.56. The SMILES string of the molecule is CC(=O)N1CCN(c2cccc(Nc3ncc4c(n3)-c3sc(N)nc3CC4)c2)CC1. The Morgan fingerprint density at radius 2 is 2.00 bits per heavy atom. The van der Waals surface area contributed by atoms with E-state index in [-0.39, 0.29) is 5.91 Å². The average Bonchev–Trinajstić information content (AvgIpc) is 3.15. The van der Waals surface area contributed by atoms with E-state index in [4.69, 9.17) is 10.7 Å². The average molecular weight is 422 g/mol. The molecule has 0 radical (unpaired) electrons. The Hall–Kier alpha value is -3.20. The Balaban J connectivity index is 1.35. The van der Waals surface area contributed by atoms with Crippen molar-refractivity contribution in [2.75, 3.05) is 42.1 Å². The van der Waals surface area contributed by atoms with Gasteiger partial charge in [0.1, 0.15) is 0 Å². The number of aryl methyl sites for hydroxylation is 2. The summed E-state index contributed by atoms with van der Waals surface area (Å²) in [6, 6.07) is 8.22. The summed E-state index contributed by atoms with van der Waals surface area (Å²) in [6.07, 6.45) is 3.66. The predicted molar refractivity (Wildman–Crippen MR) is 119 cm³/mol. The van der Waals surface area contributed by atoms with Gasteiger partial charge in [-0.25, -0.2) is 15.0 Å². The number of thiazole rings is 1. The molecule has 0 spiro atoms. The van der Waals surface area contributed by atoms with Gasteiger partial charge < -0.3 is 20.9 Å². The van der Waals surface area contributed by atoms with Crippen molar-refractivity contribution in [1.29, 1.82) is 0 Å². The van der Waals surface area contributed by atoms with Crippen molar-refractivity contribution in [3.8, 4) is 10.6 Å². The van der Waals surface area contributed by atoms with Crippen molar-refractivity contribution in [3.63, 3.8) is 0 Å². The third-order valence-electron chi connectivity index (χ3n) is 5.62. The normalized spacial score (nSPS) is 15.5. The number of fused-ring (bicyclic) bond motifs is 3. The third kappa shape index (κ3) is 3.56. The van der Waals surface area contributed by atoms with E-state index in [0.29, 0.717) is 11.1 Å². The van der Waals surface area contributed by atoms with Crippen LogP contribution in [0.25, 0.3) is 10.6 Å². The molecule has 0 saturated carbocycles. The summed E-state index contributed by atoms with van der Waals surface area (Å²) in [6.45, 7) is 4.78. The van der Waals surface area contributed by atoms with Crippen LogP contribution in [0.4, 0.5) is 22.5 Å². The van der Waals surface area contributed by atoms with Crippen molar-refractivity contribution in [1.82, 2.24) is 19.9 Å². The highest BCUT2D eigenvalue weighted by Crippen LogP contribution is 2.37. The molecule has 1 fully saturated rings. The molecule has 2 aromatic heterocycles. The number of benzene rings is 1. The molecule has 0 atom stereocenters. The van der Waals surface area contributed by atoms with Gasteiger partial charge in [-0.15, -0.1) is 0 Å². The van der Waals surface area contributed by atoms with Crippen LogP contribution < -0.4 is 16.0 Å². The molecule has 8 nitrogen and oxygen atoms in total. The quantitative estimate of drug-likeness (QED) is 0.671. The molecule has 0 bridgehead atoms. The molecule has 1 saturated heterocycles. The van der Waals surface area contributed by atoms with Crippen LogP contribution in [0.2, 0.25) is 0 Å². The van der Waals surface area contributed by atoms with Crippen molar-refractivity contribution in [2.45, 2.75) is 19.8 Å². The minimum atomic E-state index is 0.139. The van der Waals surface area contributed by atoms with E-state index >= 15 is 0 Å². The summed E-state index contributed by atoms with van der Waals surface area (Å²) < 4.78 is 0. The number of hydrogen-bond donors (Lipinski definition) is 2. The van der Waals surface area contributed by atoms with Gasteiger partial charge in [-0.3, -0.25) is 4.79 Å². The summed E-state index contributed by atoms with van der Waals surface area (Å²) in [4.78, 5) is 30.5. The summed E-state index contributed by atoms with van der Waals surface area (Å²) in [7, 11) is 0. The molecule has 3 aromatic rings. The zero-order valence-corrected chi connectivity index (χ0v) is 17.6. The molecule has 1 aromatic carbocycles. The fourth-order valence-electron chi connectivity index (χ4n) is 4.01. The Morgan fingerprint density at radius 3 is 2.80 bits per heavy atom. The van der Waals surface area contributed by atoms with Crippen molar-refractivity contribution < 1.29 is 4.79 Å². The lowest BCUT2D eigenvalue weighted by Gasteiger charge is -2.35. The Kier molecular flexibility index (Phi) is 4.74. The first-order chi connectivity index (χ1) is 14.6. The number of aromatic nitrogens is 3. The van der Waals surface area contributed by atoms with Crippen molar-refractivity contribution >= 4 is 39.7 Å². The highest BCUT2D eigenvalue weighted by molar-refractivity contribution is 7.18. The first-order valence-electron chi connectivity index (χ1n) is 10.1. The van der Waals surface area contributed by atoms with Gasteiger partial charge >= 0.3 is 0 Å². The fourth-order valence-corrected chi connectivity index (χ4v) is 4.92. The van der Waals surface area contributed by atoms with Crippen LogP contribution in [0.3, 0.4) is 0 Å². The molecule has 0 unspecified atom stereocenters. The monoisotopic (exact) mass is 421 g/mol. The van der Waals surface area contributed by atoms with Crippen LogP contribution >= 0.6 is 11.3 Å². The van der Waals surface area contributed by atoms with E-state index in [2.05, 4.69) is 32.3 Å². The molecule has 1 amide bonds. The maximum atomic E-state index is 11.6. The Labute approximate surface area is 178 Å². The van der Waals surface area contributed by atoms with Crippen LogP contribution in [0.1, 0.15) is 18.2 Å². The molecule has 3 heterocycles. The van der Waals surface area contributed by atoms with Gasteiger partial charge in [0.15, 0.2) is 5.13 Å². The van der Waals surface area contributed by atoms with Gasteiger partial charge in [0.05, 0.1) is 16.3 Å². The van der Waals surface area contributed by atoms with E-state index < -0.39 is 0 Å². The summed E-state index contributed by atoms with van der Waals surface area (Å²) >= 11 is 1.49. The molecule has 1 aliphatic heterocycles. The van der Waals surface area contributed by atoms with Gasteiger partial charge in [-0.1, -0.05) is 17.4 Å². The van der Waals surface area contributed by atoms with Gasteiger partial charge in [0.2, 0.25) is 11.9 Å². The number of piperazine rings is 1. The summed E-state index contributed by atoms with van der Waals surface area (Å²) in [5.41, 5.74) is 11.1. The number of nitrogen functional groups attached to an aromatic ring is 1. The molecule has 9 heteroatoms. The lowest BCUT2D eigenvalue weighted by Crippen LogP contribution is -2.48. The van der Waals surface area contributed by atoms with E-state index in [0.717, 1.165) is 72.2 Å². The van der Waals surface area contributed by atoms with Crippen molar-refractivity contribution in [3.05, 3.63) is 41.7 Å². The highest BCUT2D eigenvalue weighted by atomic mass is 32.1. The largest absolute Gasteiger partial charge is 0.375 e. The zero-order chi connectivity index (χ0) is 20.7. The number of carbonyl (C=O) groups excluding carboxylic acids is 1. The molecule has 1 aliphatic carbocycles. The third-order valence-corrected chi connectivity index (χ3v) is 6.55. The smallest absolute Gasteiger partial charge is 0.227 e. The maximum Gasteiger partial charge on any atom is 0.227 e. The van der Waals surface area contributed by atoms with Gasteiger partial charge in [-0.2, -0.15) is 0 Å². The second-order valence-electron chi connectivity index (χ2n) is 7.56. The standard InChI is InChI=1S/C21H23N7OS/c1-13(29)27-7-9-28(10-8-27)16-4-2-3-15(11-16)24-21-23-12-14-5-6-17-19(18(14)26-21)30-20(22)25-17/h2-4,11-12H,5-10H2,1H3,(H2,22,25)(H,23,24,26). The lowest BCUT2D eigenvalue weighted by atomic mass is 10.00. The number of amides is 1. The molecule has 30 heavy (non-hydrogen) atoms. The van der Waals surface area contributed by atoms with Crippen LogP contribution in [0.5, 0.6) is 0 Å². The van der Waals surface area contributed by atoms with E-state index in [9.17, 15) is 4.79 Å². The lowest BCUT2D eigenvalue weighted by molar-refractivity contribution is -0.129. The number of nitrogens with one attached hydrogen (secondary N) is 1. The summed E-state index contributed by atoms with van der Waals surface area (Å²) in [5, 5.41) is 3.92. The van der Waals surface area contributed by atoms with E-state index in [1.54, 1.807) is 6.92 Å². The van der Waals surface area contributed by atoms with E-state index in [1.807, 2.05) is 23.2 Å². The predicted octanol–water partition coefficient (Wildman–Crippen LogP) is 2.69. The number of rotatable bonds is 3. The number of hydrogen-bond acceptors (Lipinski definition) is 8. The first kappa shape index (κ1) is 18.8.